The molecule has 0 aromatic heterocycles. The molecule has 0 aliphatic rings. The van der Waals surface area contributed by atoms with Crippen LogP contribution in [0.1, 0.15) is 71.1 Å². The van der Waals surface area contributed by atoms with Gasteiger partial charge in [0, 0.05) is 6.08 Å². The smallest absolute Gasteiger partial charge is 0.330 e. The fourth-order valence-corrected chi connectivity index (χ4v) is 1.95. The van der Waals surface area contributed by atoms with Gasteiger partial charge in [-0.05, 0) is 12.5 Å². The molecule has 0 aromatic rings. The molecular weight excluding hydrogens is 270 g/mol. The van der Waals surface area contributed by atoms with Crippen LogP contribution in [0.25, 0.3) is 0 Å². The molecular formula is C16H31NO4. The first kappa shape index (κ1) is 21.9. The van der Waals surface area contributed by atoms with E-state index >= 15 is 0 Å². The molecule has 0 rings (SSSR count). The van der Waals surface area contributed by atoms with Crippen molar-refractivity contribution in [3.05, 3.63) is 12.2 Å². The van der Waals surface area contributed by atoms with Crippen molar-refractivity contribution in [2.75, 3.05) is 6.61 Å². The molecule has 0 fully saturated rings. The Morgan fingerprint density at radius 3 is 1.81 bits per heavy atom. The zero-order chi connectivity index (χ0) is 15.1. The average molecular weight is 301 g/mol. The normalized spacial score (nSPS) is 10.3. The van der Waals surface area contributed by atoms with E-state index in [2.05, 4.69) is 6.92 Å². The predicted molar refractivity (Wildman–Crippen MR) is 82.9 cm³/mol. The third-order valence-electron chi connectivity index (χ3n) is 3.10. The molecule has 5 heteroatoms. The Bertz CT molecular complexity index is 290. The van der Waals surface area contributed by atoms with Crippen LogP contribution in [-0.4, -0.2) is 18.5 Å². The minimum Gasteiger partial charge on any atom is -0.545 e. The number of quaternary nitrogens is 1. The fraction of sp³-hybridized carbons (Fsp3) is 0.750. The van der Waals surface area contributed by atoms with Crippen LogP contribution in [0, 0.1) is 0 Å². The van der Waals surface area contributed by atoms with Crippen molar-refractivity contribution in [1.29, 1.82) is 0 Å². The summed E-state index contributed by atoms with van der Waals surface area (Å²) in [6.45, 7) is 2.58. The van der Waals surface area contributed by atoms with Crippen LogP contribution in [0.3, 0.4) is 0 Å². The van der Waals surface area contributed by atoms with E-state index in [1.807, 2.05) is 0 Å². The number of unbranched alkanes of at least 4 members (excludes halogenated alkanes) is 9. The van der Waals surface area contributed by atoms with Gasteiger partial charge in [-0.3, -0.25) is 0 Å². The van der Waals surface area contributed by atoms with E-state index in [0.29, 0.717) is 12.7 Å². The molecule has 0 bridgehead atoms. The zero-order valence-electron chi connectivity index (χ0n) is 13.6. The van der Waals surface area contributed by atoms with Crippen LogP contribution in [0.4, 0.5) is 0 Å². The summed E-state index contributed by atoms with van der Waals surface area (Å²) in [5.41, 5.74) is 0. The maximum atomic E-state index is 11.0. The fourth-order valence-electron chi connectivity index (χ4n) is 1.95. The Labute approximate surface area is 128 Å². The number of esters is 1. The van der Waals surface area contributed by atoms with E-state index < -0.39 is 11.9 Å². The number of ether oxygens (including phenoxy) is 1. The lowest BCUT2D eigenvalue weighted by Gasteiger charge is -2.03. The van der Waals surface area contributed by atoms with Crippen molar-refractivity contribution >= 4 is 11.9 Å². The van der Waals surface area contributed by atoms with Gasteiger partial charge in [-0.15, -0.1) is 0 Å². The summed E-state index contributed by atoms with van der Waals surface area (Å²) >= 11 is 0. The third kappa shape index (κ3) is 18.6. The summed E-state index contributed by atoms with van der Waals surface area (Å²) in [6, 6.07) is 0. The van der Waals surface area contributed by atoms with E-state index in [1.165, 1.54) is 51.4 Å². The Morgan fingerprint density at radius 1 is 0.857 bits per heavy atom. The van der Waals surface area contributed by atoms with Crippen molar-refractivity contribution in [2.45, 2.75) is 71.1 Å². The van der Waals surface area contributed by atoms with Crippen LogP contribution in [0.2, 0.25) is 0 Å². The molecule has 0 amide bonds. The number of aliphatic carboxylic acids is 1. The standard InChI is InChI=1S/C16H28O4.H3N/c1-2-3-4-5-6-7-8-9-10-11-14-20-16(19)13-12-15(17)18;/h12-13H,2-11,14H2,1H3,(H,17,18);1H3/b13-12+;. The van der Waals surface area contributed by atoms with Gasteiger partial charge in [-0.1, -0.05) is 64.7 Å². The molecule has 0 heterocycles. The number of rotatable bonds is 13. The molecule has 124 valence electrons. The van der Waals surface area contributed by atoms with E-state index in [1.54, 1.807) is 0 Å². The van der Waals surface area contributed by atoms with Gasteiger partial charge in [-0.25, -0.2) is 4.79 Å². The predicted octanol–water partition coefficient (Wildman–Crippen LogP) is 3.13. The molecule has 0 aromatic carbocycles. The van der Waals surface area contributed by atoms with Crippen molar-refractivity contribution in [3.8, 4) is 0 Å². The van der Waals surface area contributed by atoms with E-state index in [4.69, 9.17) is 4.74 Å². The number of hydrogen-bond donors (Lipinski definition) is 1. The number of carboxylic acids is 1. The van der Waals surface area contributed by atoms with Gasteiger partial charge in [0.2, 0.25) is 0 Å². The van der Waals surface area contributed by atoms with Gasteiger partial charge in [-0.2, -0.15) is 0 Å². The molecule has 0 saturated heterocycles. The van der Waals surface area contributed by atoms with Crippen LogP contribution in [0.15, 0.2) is 12.2 Å². The second-order valence-electron chi connectivity index (χ2n) is 5.00. The van der Waals surface area contributed by atoms with Gasteiger partial charge in [0.1, 0.15) is 0 Å². The third-order valence-corrected chi connectivity index (χ3v) is 3.10. The zero-order valence-corrected chi connectivity index (χ0v) is 13.6. The summed E-state index contributed by atoms with van der Waals surface area (Å²) in [4.78, 5) is 21.1. The summed E-state index contributed by atoms with van der Waals surface area (Å²) in [5.74, 6) is -2.01. The highest BCUT2D eigenvalue weighted by Crippen LogP contribution is 2.10. The lowest BCUT2D eigenvalue weighted by molar-refractivity contribution is -0.297. The van der Waals surface area contributed by atoms with Gasteiger partial charge >= 0.3 is 5.97 Å². The van der Waals surface area contributed by atoms with Crippen LogP contribution in [0.5, 0.6) is 0 Å². The Kier molecular flexibility index (Phi) is 17.4. The first-order chi connectivity index (χ1) is 9.66. The summed E-state index contributed by atoms with van der Waals surface area (Å²) < 4.78 is 4.85. The molecule has 0 atom stereocenters. The van der Waals surface area contributed by atoms with Crippen molar-refractivity contribution in [1.82, 2.24) is 6.15 Å². The summed E-state index contributed by atoms with van der Waals surface area (Å²) in [7, 11) is 0. The second-order valence-corrected chi connectivity index (χ2v) is 5.00. The van der Waals surface area contributed by atoms with Crippen molar-refractivity contribution in [2.24, 2.45) is 0 Å². The van der Waals surface area contributed by atoms with Crippen LogP contribution < -0.4 is 11.3 Å². The molecule has 0 saturated carbocycles. The van der Waals surface area contributed by atoms with E-state index in [0.717, 1.165) is 18.9 Å². The lowest BCUT2D eigenvalue weighted by Crippen LogP contribution is -2.19. The Balaban J connectivity index is 0. The number of carbonyl (C=O) groups is 2. The molecule has 0 radical (unpaired) electrons. The van der Waals surface area contributed by atoms with Gasteiger partial charge in [0.15, 0.2) is 0 Å². The minimum absolute atomic E-state index is 0. The summed E-state index contributed by atoms with van der Waals surface area (Å²) in [5, 5.41) is 10.1. The van der Waals surface area contributed by atoms with Crippen LogP contribution in [-0.2, 0) is 14.3 Å². The van der Waals surface area contributed by atoms with Crippen molar-refractivity contribution < 1.29 is 19.4 Å². The van der Waals surface area contributed by atoms with E-state index in [9.17, 15) is 14.7 Å². The monoisotopic (exact) mass is 301 g/mol. The Morgan fingerprint density at radius 2 is 1.33 bits per heavy atom. The highest BCUT2D eigenvalue weighted by Gasteiger charge is 1.97. The summed E-state index contributed by atoms with van der Waals surface area (Å²) in [6.07, 6.45) is 13.8. The average Bonchev–Trinajstić information content (AvgIpc) is 2.42. The molecule has 0 spiro atoms. The van der Waals surface area contributed by atoms with Gasteiger partial charge < -0.3 is 20.8 Å². The molecule has 21 heavy (non-hydrogen) atoms. The number of hydrogen-bond acceptors (Lipinski definition) is 4. The highest BCUT2D eigenvalue weighted by atomic mass is 16.5. The first-order valence-electron chi connectivity index (χ1n) is 7.72. The second kappa shape index (κ2) is 16.7. The molecule has 4 N–H and O–H groups in total. The molecule has 0 unspecified atom stereocenters. The minimum atomic E-state index is -1.39. The molecule has 0 aliphatic heterocycles. The molecule has 5 nitrogen and oxygen atoms in total. The number of carbonyl (C=O) groups excluding carboxylic acids is 2. The van der Waals surface area contributed by atoms with Gasteiger partial charge in [0.05, 0.1) is 12.6 Å². The topological polar surface area (TPSA) is 103 Å². The SMILES string of the molecule is CCCCCCCCCCCCOC(=O)/C=C/C(=O)[O-].[NH4+]. The van der Waals surface area contributed by atoms with Crippen LogP contribution >= 0.6 is 0 Å². The highest BCUT2D eigenvalue weighted by molar-refractivity contribution is 5.89. The van der Waals surface area contributed by atoms with E-state index in [-0.39, 0.29) is 6.15 Å². The maximum absolute atomic E-state index is 11.0. The largest absolute Gasteiger partial charge is 0.545 e. The van der Waals surface area contributed by atoms with Crippen molar-refractivity contribution in [3.63, 3.8) is 0 Å². The molecule has 0 aliphatic carbocycles. The quantitative estimate of drug-likeness (QED) is 0.320. The first-order valence-corrected chi connectivity index (χ1v) is 7.72. The van der Waals surface area contributed by atoms with Gasteiger partial charge in [0.25, 0.3) is 0 Å². The maximum Gasteiger partial charge on any atom is 0.330 e. The lowest BCUT2D eigenvalue weighted by atomic mass is 10.1. The number of carboxylic acid groups (broad SMARTS) is 1. The Hall–Kier alpha value is -1.36.